The zero-order valence-electron chi connectivity index (χ0n) is 21.3. The van der Waals surface area contributed by atoms with Gasteiger partial charge in [0.05, 0.1) is 19.8 Å². The molecule has 4 heterocycles. The maximum Gasteiger partial charge on any atom is 0.246 e. The number of nitrogens with zero attached hydrogens (tertiary/aromatic N) is 5. The van der Waals surface area contributed by atoms with Crippen LogP contribution in [0.5, 0.6) is 11.5 Å². The van der Waals surface area contributed by atoms with Crippen molar-refractivity contribution in [3.63, 3.8) is 0 Å². The molecule has 10 nitrogen and oxygen atoms in total. The molecule has 10 heteroatoms. The van der Waals surface area contributed by atoms with Crippen molar-refractivity contribution < 1.29 is 14.3 Å². The molecule has 0 unspecified atom stereocenters. The number of Topliss-reactive ketones (excluding diaryl/α,β-unsaturated/α-hetero) is 1. The van der Waals surface area contributed by atoms with Crippen molar-refractivity contribution in [1.29, 1.82) is 0 Å². The van der Waals surface area contributed by atoms with Crippen LogP contribution in [-0.2, 0) is 11.2 Å². The van der Waals surface area contributed by atoms with Crippen molar-refractivity contribution in [3.05, 3.63) is 53.9 Å². The Hall–Kier alpha value is -4.08. The average Bonchev–Trinajstić information content (AvgIpc) is 3.26. The smallest absolute Gasteiger partial charge is 0.246 e. The molecule has 1 saturated carbocycles. The third-order valence-corrected chi connectivity index (χ3v) is 7.54. The first-order valence-corrected chi connectivity index (χ1v) is 12.7. The number of H-pyrrole nitrogens is 1. The van der Waals surface area contributed by atoms with Crippen LogP contribution in [0.1, 0.15) is 49.8 Å². The molecule has 4 aromatic rings. The van der Waals surface area contributed by atoms with E-state index < -0.39 is 5.54 Å². The number of aromatic amines is 1. The number of methoxy groups -OCH3 is 2. The van der Waals surface area contributed by atoms with Gasteiger partial charge in [0.25, 0.3) is 0 Å². The fraction of sp³-hybridized carbons (Fsp3) is 0.407. The van der Waals surface area contributed by atoms with Gasteiger partial charge in [-0.3, -0.25) is 9.89 Å². The normalized spacial score (nSPS) is 19.4. The molecule has 2 N–H and O–H groups in total. The molecule has 2 fully saturated rings. The summed E-state index contributed by atoms with van der Waals surface area (Å²) in [4.78, 5) is 20.7. The Morgan fingerprint density at radius 2 is 2.03 bits per heavy atom. The molecule has 3 aromatic heterocycles. The number of aromatic nitrogens is 5. The molecule has 192 valence electrons. The molecule has 0 spiro atoms. The quantitative estimate of drug-likeness (QED) is 0.350. The Labute approximate surface area is 215 Å². The van der Waals surface area contributed by atoms with Crippen LogP contribution < -0.4 is 19.7 Å². The van der Waals surface area contributed by atoms with E-state index >= 15 is 0 Å². The number of benzene rings is 1. The van der Waals surface area contributed by atoms with Gasteiger partial charge in [-0.05, 0) is 62.4 Å². The summed E-state index contributed by atoms with van der Waals surface area (Å²) in [6.45, 7) is 2.70. The number of ketones is 1. The van der Waals surface area contributed by atoms with Crippen LogP contribution in [-0.4, -0.2) is 56.9 Å². The van der Waals surface area contributed by atoms with Crippen molar-refractivity contribution in [2.45, 2.75) is 50.5 Å². The topological polar surface area (TPSA) is 110 Å². The van der Waals surface area contributed by atoms with Gasteiger partial charge in [0, 0.05) is 36.8 Å². The van der Waals surface area contributed by atoms with Crippen molar-refractivity contribution >= 4 is 28.9 Å². The standard InChI is InChI=1S/C27H31N7O3/c1-27(23(35)15-17-7-10-21(36-2)22(14-17)37-3)11-5-12-33(27)26-29-25(20-6-4-13-34(20)32-26)28-24-16-19(30-31-24)18-8-9-18/h4,6-7,10,13-14,16,18H,5,8-9,11-12,15H2,1-3H3,(H2,28,29,30,31,32)/t27-/m0/s1. The lowest BCUT2D eigenvalue weighted by Crippen LogP contribution is -2.49. The van der Waals surface area contributed by atoms with Gasteiger partial charge in [0.15, 0.2) is 28.9 Å². The minimum atomic E-state index is -0.725. The number of fused-ring (bicyclic) bond motifs is 1. The highest BCUT2D eigenvalue weighted by atomic mass is 16.5. The molecular formula is C27H31N7O3. The highest BCUT2D eigenvalue weighted by Gasteiger charge is 2.44. The lowest BCUT2D eigenvalue weighted by Gasteiger charge is -2.34. The Morgan fingerprint density at radius 1 is 1.19 bits per heavy atom. The molecule has 1 aromatic carbocycles. The predicted octanol–water partition coefficient (Wildman–Crippen LogP) is 4.26. The zero-order chi connectivity index (χ0) is 25.6. The maximum atomic E-state index is 13.7. The lowest BCUT2D eigenvalue weighted by molar-refractivity contribution is -0.122. The molecule has 1 atom stereocenters. The fourth-order valence-electron chi connectivity index (χ4n) is 5.19. The number of anilines is 3. The second-order valence-corrected chi connectivity index (χ2v) is 10.0. The fourth-order valence-corrected chi connectivity index (χ4v) is 5.19. The van der Waals surface area contributed by atoms with Crippen LogP contribution >= 0.6 is 0 Å². The first kappa shape index (κ1) is 23.3. The number of nitrogens with one attached hydrogen (secondary N) is 2. The van der Waals surface area contributed by atoms with Crippen molar-refractivity contribution in [3.8, 4) is 11.5 Å². The molecule has 0 bridgehead atoms. The predicted molar refractivity (Wildman–Crippen MR) is 140 cm³/mol. The van der Waals surface area contributed by atoms with E-state index in [0.717, 1.165) is 35.4 Å². The van der Waals surface area contributed by atoms with E-state index in [4.69, 9.17) is 19.6 Å². The number of ether oxygens (including phenoxy) is 2. The average molecular weight is 502 g/mol. The van der Waals surface area contributed by atoms with Crippen LogP contribution in [0, 0.1) is 0 Å². The van der Waals surface area contributed by atoms with Crippen LogP contribution in [0.3, 0.4) is 0 Å². The molecule has 1 aliphatic carbocycles. The molecular weight excluding hydrogens is 470 g/mol. The highest BCUT2D eigenvalue weighted by molar-refractivity contribution is 5.93. The van der Waals surface area contributed by atoms with Gasteiger partial charge in [-0.25, -0.2) is 4.52 Å². The third-order valence-electron chi connectivity index (χ3n) is 7.54. The monoisotopic (exact) mass is 501 g/mol. The molecule has 0 amide bonds. The van der Waals surface area contributed by atoms with Crippen LogP contribution in [0.15, 0.2) is 42.6 Å². The van der Waals surface area contributed by atoms with E-state index in [0.29, 0.717) is 35.7 Å². The van der Waals surface area contributed by atoms with E-state index in [1.807, 2.05) is 54.4 Å². The first-order valence-electron chi connectivity index (χ1n) is 12.7. The minimum absolute atomic E-state index is 0.115. The summed E-state index contributed by atoms with van der Waals surface area (Å²) in [6, 6.07) is 11.6. The van der Waals surface area contributed by atoms with Crippen LogP contribution in [0.25, 0.3) is 5.52 Å². The van der Waals surface area contributed by atoms with E-state index in [9.17, 15) is 4.79 Å². The second kappa shape index (κ2) is 9.10. The van der Waals surface area contributed by atoms with Gasteiger partial charge >= 0.3 is 0 Å². The van der Waals surface area contributed by atoms with E-state index in [-0.39, 0.29) is 12.2 Å². The van der Waals surface area contributed by atoms with Crippen LogP contribution in [0.2, 0.25) is 0 Å². The number of hydrogen-bond acceptors (Lipinski definition) is 8. The molecule has 2 aliphatic rings. The largest absolute Gasteiger partial charge is 0.493 e. The molecule has 0 radical (unpaired) electrons. The van der Waals surface area contributed by atoms with Gasteiger partial charge in [-0.1, -0.05) is 6.07 Å². The maximum absolute atomic E-state index is 13.7. The Bertz CT molecular complexity index is 1460. The van der Waals surface area contributed by atoms with E-state index in [1.54, 1.807) is 18.7 Å². The summed E-state index contributed by atoms with van der Waals surface area (Å²) in [5.41, 5.74) is 2.15. The lowest BCUT2D eigenvalue weighted by atomic mass is 9.89. The summed E-state index contributed by atoms with van der Waals surface area (Å²) in [5.74, 6) is 3.85. The second-order valence-electron chi connectivity index (χ2n) is 10.0. The molecule has 1 saturated heterocycles. The third kappa shape index (κ3) is 4.26. The van der Waals surface area contributed by atoms with Crippen molar-refractivity contribution in [1.82, 2.24) is 24.8 Å². The molecule has 6 rings (SSSR count). The highest BCUT2D eigenvalue weighted by Crippen LogP contribution is 2.40. The van der Waals surface area contributed by atoms with Gasteiger partial charge in [0.2, 0.25) is 5.95 Å². The Kier molecular flexibility index (Phi) is 5.73. The van der Waals surface area contributed by atoms with Gasteiger partial charge in [0.1, 0.15) is 5.52 Å². The van der Waals surface area contributed by atoms with Crippen LogP contribution in [0.4, 0.5) is 17.6 Å². The van der Waals surface area contributed by atoms with Gasteiger partial charge in [-0.2, -0.15) is 10.1 Å². The Morgan fingerprint density at radius 3 is 2.81 bits per heavy atom. The number of carbonyl (C=O) groups excluding carboxylic acids is 1. The van der Waals surface area contributed by atoms with E-state index in [1.165, 1.54) is 12.8 Å². The summed E-state index contributed by atoms with van der Waals surface area (Å²) in [5, 5.41) is 15.7. The summed E-state index contributed by atoms with van der Waals surface area (Å²) in [6.07, 6.45) is 6.19. The van der Waals surface area contributed by atoms with E-state index in [2.05, 4.69) is 15.5 Å². The zero-order valence-corrected chi connectivity index (χ0v) is 21.3. The van der Waals surface area contributed by atoms with Crippen molar-refractivity contribution in [2.24, 2.45) is 0 Å². The Balaban J connectivity index is 1.29. The summed E-state index contributed by atoms with van der Waals surface area (Å²) < 4.78 is 12.6. The molecule has 37 heavy (non-hydrogen) atoms. The van der Waals surface area contributed by atoms with Gasteiger partial charge < -0.3 is 19.7 Å². The SMILES string of the molecule is COc1ccc(CC(=O)[C@]2(C)CCCN2c2nc(Nc3cc(C4CC4)[nH]n3)c3cccn3n2)cc1OC. The number of hydrogen-bond donors (Lipinski definition) is 2. The first-order chi connectivity index (χ1) is 18.0. The molecule has 1 aliphatic heterocycles. The minimum Gasteiger partial charge on any atom is -0.493 e. The van der Waals surface area contributed by atoms with Gasteiger partial charge in [-0.15, -0.1) is 5.10 Å². The number of carbonyl (C=O) groups is 1. The number of rotatable bonds is 9. The van der Waals surface area contributed by atoms with Crippen molar-refractivity contribution in [2.75, 3.05) is 31.0 Å². The summed E-state index contributed by atoms with van der Waals surface area (Å²) in [7, 11) is 3.20. The summed E-state index contributed by atoms with van der Waals surface area (Å²) >= 11 is 0.